The number of nitroso groups, excluding NO2 is 1. The molecule has 196 valence electrons. The summed E-state index contributed by atoms with van der Waals surface area (Å²) in [4.78, 5) is 46.3. The summed E-state index contributed by atoms with van der Waals surface area (Å²) in [5.41, 5.74) is 2.37. The molecular weight excluding hydrogens is 523 g/mol. The Balaban J connectivity index is 1.66. The van der Waals surface area contributed by atoms with Gasteiger partial charge in [0.2, 0.25) is 5.91 Å². The molecule has 1 aromatic heterocycles. The number of carbonyl (C=O) groups is 2. The van der Waals surface area contributed by atoms with Crippen LogP contribution in [0.4, 0.5) is 0 Å². The van der Waals surface area contributed by atoms with E-state index in [9.17, 15) is 14.5 Å². The minimum atomic E-state index is -0.789. The molecule has 2 heterocycles. The highest BCUT2D eigenvalue weighted by molar-refractivity contribution is 6.35. The molecule has 2 amide bonds. The van der Waals surface area contributed by atoms with Gasteiger partial charge in [0.1, 0.15) is 6.04 Å². The number of hydrogen-bond acceptors (Lipinski definition) is 5. The number of rotatable bonds is 6. The predicted octanol–water partition coefficient (Wildman–Crippen LogP) is 6.62. The fraction of sp³-hybridized carbons (Fsp3) is 0.345. The molecule has 2 aliphatic rings. The average molecular weight is 551 g/mol. The third kappa shape index (κ3) is 4.93. The largest absolute Gasteiger partial charge is 0.347 e. The van der Waals surface area contributed by atoms with E-state index in [1.54, 1.807) is 41.4 Å². The quantitative estimate of drug-likeness (QED) is 0.349. The average Bonchev–Trinajstić information content (AvgIpc) is 2.93. The number of amides is 2. The lowest BCUT2D eigenvalue weighted by Gasteiger charge is -2.48. The zero-order valence-corrected chi connectivity index (χ0v) is 22.4. The van der Waals surface area contributed by atoms with Crippen molar-refractivity contribution in [2.75, 3.05) is 0 Å². The summed E-state index contributed by atoms with van der Waals surface area (Å²) in [6, 6.07) is 15.6. The van der Waals surface area contributed by atoms with Gasteiger partial charge in [-0.05, 0) is 61.2 Å². The number of benzene rings is 2. The number of nitrogens with one attached hydrogen (secondary N) is 1. The van der Waals surface area contributed by atoms with Gasteiger partial charge in [0.05, 0.1) is 29.7 Å². The second-order valence-corrected chi connectivity index (χ2v) is 10.7. The molecule has 5 atom stereocenters. The Morgan fingerprint density at radius 1 is 1.05 bits per heavy atom. The number of halogens is 2. The second-order valence-electron chi connectivity index (χ2n) is 9.90. The van der Waals surface area contributed by atoms with Crippen molar-refractivity contribution >= 4 is 35.0 Å². The van der Waals surface area contributed by atoms with E-state index in [2.05, 4.69) is 15.5 Å². The highest BCUT2D eigenvalue weighted by Crippen LogP contribution is 2.48. The molecule has 7 nitrogen and oxygen atoms in total. The van der Waals surface area contributed by atoms with Crippen molar-refractivity contribution in [3.05, 3.63) is 104 Å². The number of aromatic nitrogens is 1. The topological polar surface area (TPSA) is 91.7 Å². The molecule has 0 bridgehead atoms. The van der Waals surface area contributed by atoms with Crippen molar-refractivity contribution < 1.29 is 9.59 Å². The van der Waals surface area contributed by atoms with Gasteiger partial charge >= 0.3 is 0 Å². The molecule has 1 N–H and O–H groups in total. The van der Waals surface area contributed by atoms with Gasteiger partial charge in [0.25, 0.3) is 5.91 Å². The van der Waals surface area contributed by atoms with E-state index in [0.29, 0.717) is 39.6 Å². The normalized spacial score (nSPS) is 23.9. The first kappa shape index (κ1) is 26.3. The molecule has 1 saturated carbocycles. The van der Waals surface area contributed by atoms with E-state index in [1.807, 2.05) is 37.3 Å². The summed E-state index contributed by atoms with van der Waals surface area (Å²) in [5.74, 6) is -1.29. The van der Waals surface area contributed by atoms with Gasteiger partial charge in [-0.15, -0.1) is 0 Å². The molecule has 0 radical (unpaired) electrons. The lowest BCUT2D eigenvalue weighted by molar-refractivity contribution is -0.125. The van der Waals surface area contributed by atoms with E-state index in [4.69, 9.17) is 23.2 Å². The molecule has 1 aliphatic heterocycles. The van der Waals surface area contributed by atoms with Crippen molar-refractivity contribution in [3.8, 4) is 0 Å². The zero-order valence-electron chi connectivity index (χ0n) is 20.9. The van der Waals surface area contributed by atoms with E-state index in [-0.39, 0.29) is 17.9 Å². The van der Waals surface area contributed by atoms with Gasteiger partial charge in [0, 0.05) is 21.8 Å². The highest BCUT2D eigenvalue weighted by Gasteiger charge is 2.49. The number of pyridine rings is 1. The van der Waals surface area contributed by atoms with Crippen LogP contribution in [0, 0.1) is 4.91 Å². The lowest BCUT2D eigenvalue weighted by atomic mass is 9.76. The van der Waals surface area contributed by atoms with Gasteiger partial charge in [0.15, 0.2) is 0 Å². The fourth-order valence-corrected chi connectivity index (χ4v) is 6.34. The monoisotopic (exact) mass is 550 g/mol. The van der Waals surface area contributed by atoms with Crippen LogP contribution in [-0.4, -0.2) is 33.8 Å². The van der Waals surface area contributed by atoms with Crippen LogP contribution in [0.1, 0.15) is 77.8 Å². The maximum atomic E-state index is 14.2. The number of fused-ring (bicyclic) bond motifs is 1. The molecular formula is C29H28Cl2N4O3. The third-order valence-corrected chi connectivity index (χ3v) is 8.18. The molecule has 1 aliphatic carbocycles. The van der Waals surface area contributed by atoms with E-state index >= 15 is 0 Å². The van der Waals surface area contributed by atoms with Crippen molar-refractivity contribution in [2.24, 2.45) is 5.18 Å². The van der Waals surface area contributed by atoms with Crippen LogP contribution in [0.25, 0.3) is 0 Å². The summed E-state index contributed by atoms with van der Waals surface area (Å²) in [6.07, 6.45) is 4.61. The molecule has 38 heavy (non-hydrogen) atoms. The highest BCUT2D eigenvalue weighted by atomic mass is 35.5. The number of nitrogens with zero attached hydrogens (tertiary/aromatic N) is 3. The van der Waals surface area contributed by atoms with E-state index in [0.717, 1.165) is 18.5 Å². The first-order valence-corrected chi connectivity index (χ1v) is 13.6. The van der Waals surface area contributed by atoms with Gasteiger partial charge in [-0.3, -0.25) is 14.6 Å². The minimum Gasteiger partial charge on any atom is -0.347 e. The van der Waals surface area contributed by atoms with Crippen LogP contribution in [0.15, 0.2) is 72.0 Å². The smallest absolute Gasteiger partial charge is 0.255 e. The van der Waals surface area contributed by atoms with Crippen molar-refractivity contribution in [1.82, 2.24) is 15.2 Å². The van der Waals surface area contributed by atoms with Crippen LogP contribution in [0.3, 0.4) is 0 Å². The Bertz CT molecular complexity index is 1350. The molecule has 3 aromatic rings. The Kier molecular flexibility index (Phi) is 7.77. The molecule has 0 saturated heterocycles. The second kappa shape index (κ2) is 11.2. The van der Waals surface area contributed by atoms with Crippen molar-refractivity contribution in [1.29, 1.82) is 0 Å². The van der Waals surface area contributed by atoms with Crippen LogP contribution >= 0.6 is 23.2 Å². The Hall–Kier alpha value is -3.29. The molecule has 1 fully saturated rings. The third-order valence-electron chi connectivity index (χ3n) is 7.62. The predicted molar refractivity (Wildman–Crippen MR) is 147 cm³/mol. The van der Waals surface area contributed by atoms with Gasteiger partial charge in [-0.25, -0.2) is 0 Å². The SMILES string of the molecule is CC(NC(=O)[C@@H]1c2ccccc2C(=O)N([C@H]2CCCC[C@@H]2N=O)[C@H]1c1ccc(Cl)cc1Cl)c1ccccn1. The molecule has 2 aromatic carbocycles. The van der Waals surface area contributed by atoms with Crippen molar-refractivity contribution in [2.45, 2.75) is 62.7 Å². The molecule has 1 unspecified atom stereocenters. The summed E-state index contributed by atoms with van der Waals surface area (Å²) in [6.45, 7) is 1.87. The maximum absolute atomic E-state index is 14.2. The Morgan fingerprint density at radius 3 is 2.55 bits per heavy atom. The first-order chi connectivity index (χ1) is 18.4. The standard InChI is InChI=1S/C29H28Cl2N4O3/c1-17(23-10-6-7-15-32-23)33-28(36)26-19-8-2-3-9-20(19)29(37)35(25-12-5-4-11-24(25)34-38)27(26)21-14-13-18(30)16-22(21)31/h2-3,6-10,13-17,24-27H,4-5,11-12H2,1H3,(H,33,36)/t17?,24-,25-,26+,27-/m0/s1. The van der Waals surface area contributed by atoms with Gasteiger partial charge < -0.3 is 10.2 Å². The van der Waals surface area contributed by atoms with Gasteiger partial charge in [-0.2, -0.15) is 4.91 Å². The first-order valence-electron chi connectivity index (χ1n) is 12.8. The number of carbonyl (C=O) groups excluding carboxylic acids is 2. The van der Waals surface area contributed by atoms with Crippen molar-refractivity contribution in [3.63, 3.8) is 0 Å². The van der Waals surface area contributed by atoms with E-state index in [1.165, 1.54) is 0 Å². The van der Waals surface area contributed by atoms with Gasteiger partial charge in [-0.1, -0.05) is 71.6 Å². The Morgan fingerprint density at radius 2 is 1.82 bits per heavy atom. The lowest BCUT2D eigenvalue weighted by Crippen LogP contribution is -2.55. The molecule has 5 rings (SSSR count). The minimum absolute atomic E-state index is 0.237. The van der Waals surface area contributed by atoms with Crippen LogP contribution in [0.2, 0.25) is 10.0 Å². The van der Waals surface area contributed by atoms with E-state index < -0.39 is 24.0 Å². The summed E-state index contributed by atoms with van der Waals surface area (Å²) in [5, 5.41) is 7.31. The van der Waals surface area contributed by atoms with Crippen LogP contribution in [-0.2, 0) is 4.79 Å². The number of hydrogen-bond donors (Lipinski definition) is 1. The Labute approximate surface area is 231 Å². The van der Waals surface area contributed by atoms with Crippen LogP contribution in [0.5, 0.6) is 0 Å². The summed E-state index contributed by atoms with van der Waals surface area (Å²) >= 11 is 13.0. The van der Waals surface area contributed by atoms with Crippen LogP contribution < -0.4 is 5.32 Å². The molecule has 0 spiro atoms. The zero-order chi connectivity index (χ0) is 26.8. The summed E-state index contributed by atoms with van der Waals surface area (Å²) in [7, 11) is 0. The fourth-order valence-electron chi connectivity index (χ4n) is 5.82. The summed E-state index contributed by atoms with van der Waals surface area (Å²) < 4.78 is 0. The molecule has 9 heteroatoms. The maximum Gasteiger partial charge on any atom is 0.255 e.